The Labute approximate surface area is 152 Å². The molecule has 1 amide bonds. The van der Waals surface area contributed by atoms with Gasteiger partial charge in [0.1, 0.15) is 11.9 Å². The van der Waals surface area contributed by atoms with E-state index in [1.54, 1.807) is 0 Å². The Morgan fingerprint density at radius 2 is 2.00 bits per heavy atom. The summed E-state index contributed by atoms with van der Waals surface area (Å²) in [6.45, 7) is 5.11. The van der Waals surface area contributed by atoms with Crippen LogP contribution in [0, 0.1) is 6.92 Å². The number of benzene rings is 1. The van der Waals surface area contributed by atoms with Crippen molar-refractivity contribution in [1.82, 2.24) is 5.32 Å². The summed E-state index contributed by atoms with van der Waals surface area (Å²) in [4.78, 5) is 12.5. The first-order valence-corrected chi connectivity index (χ1v) is 9.48. The first-order valence-electron chi connectivity index (χ1n) is 8.66. The molecular weight excluding hydrogens is 334 g/mol. The zero-order chi connectivity index (χ0) is 18.0. The highest BCUT2D eigenvalue weighted by molar-refractivity contribution is 7.19. The van der Waals surface area contributed by atoms with Gasteiger partial charge in [-0.25, -0.2) is 0 Å². The summed E-state index contributed by atoms with van der Waals surface area (Å²) in [6.07, 6.45) is 3.64. The number of anilines is 1. The predicted octanol–water partition coefficient (Wildman–Crippen LogP) is 3.31. The molecule has 25 heavy (non-hydrogen) atoms. The average Bonchev–Trinajstić information content (AvgIpc) is 2.73. The minimum Gasteiger partial charge on any atom is -0.489 e. The number of hydrogen-bond donors (Lipinski definition) is 3. The molecule has 0 aliphatic carbocycles. The number of thiophene rings is 1. The predicted molar refractivity (Wildman–Crippen MR) is 103 cm³/mol. The fourth-order valence-electron chi connectivity index (χ4n) is 3.32. The molecule has 0 radical (unpaired) electrons. The molecule has 1 aromatic carbocycles. The lowest BCUT2D eigenvalue weighted by Crippen LogP contribution is -2.39. The van der Waals surface area contributed by atoms with Gasteiger partial charge in [0.2, 0.25) is 0 Å². The first kappa shape index (κ1) is 17.8. The van der Waals surface area contributed by atoms with E-state index in [9.17, 15) is 4.79 Å². The van der Waals surface area contributed by atoms with Crippen LogP contribution in [0.2, 0.25) is 0 Å². The van der Waals surface area contributed by atoms with Gasteiger partial charge in [0, 0.05) is 10.9 Å². The van der Waals surface area contributed by atoms with Crippen LogP contribution in [0.15, 0.2) is 24.3 Å². The lowest BCUT2D eigenvalue weighted by Gasteiger charge is -2.23. The maximum atomic E-state index is 11.5. The minimum atomic E-state index is -0.479. The van der Waals surface area contributed by atoms with Crippen LogP contribution < -0.4 is 21.5 Å². The smallest absolute Gasteiger partial charge is 0.251 e. The second-order valence-corrected chi connectivity index (χ2v) is 7.63. The third kappa shape index (κ3) is 3.80. The molecule has 2 aromatic rings. The summed E-state index contributed by atoms with van der Waals surface area (Å²) < 4.78 is 6.18. The third-order valence-corrected chi connectivity index (χ3v) is 5.93. The summed E-state index contributed by atoms with van der Waals surface area (Å²) in [5.74, 6) is 0.383. The summed E-state index contributed by atoms with van der Waals surface area (Å²) in [5, 5.41) is 3.97. The molecule has 1 aliphatic rings. The van der Waals surface area contributed by atoms with Crippen LogP contribution in [0.5, 0.6) is 5.75 Å². The molecule has 1 aliphatic heterocycles. The van der Waals surface area contributed by atoms with Gasteiger partial charge in [0.15, 0.2) is 0 Å². The number of nitrogens with two attached hydrogens (primary N) is 2. The molecule has 0 saturated carbocycles. The van der Waals surface area contributed by atoms with Crippen molar-refractivity contribution in [1.29, 1.82) is 0 Å². The van der Waals surface area contributed by atoms with Gasteiger partial charge >= 0.3 is 0 Å². The van der Waals surface area contributed by atoms with E-state index in [0.29, 0.717) is 16.6 Å². The van der Waals surface area contributed by atoms with Crippen LogP contribution in [-0.4, -0.2) is 24.6 Å². The Bertz CT molecular complexity index is 755. The fraction of sp³-hybridized carbons (Fsp3) is 0.421. The second kappa shape index (κ2) is 7.45. The molecular formula is C19H25N3O2S. The summed E-state index contributed by atoms with van der Waals surface area (Å²) in [5.41, 5.74) is 13.7. The molecule has 5 N–H and O–H groups in total. The molecule has 1 fully saturated rings. The van der Waals surface area contributed by atoms with Crippen LogP contribution in [0.3, 0.4) is 0 Å². The summed E-state index contributed by atoms with van der Waals surface area (Å²) >= 11 is 1.39. The number of hydrogen-bond acceptors (Lipinski definition) is 5. The Balaban J connectivity index is 1.79. The lowest BCUT2D eigenvalue weighted by molar-refractivity contribution is 0.100. The molecule has 0 bridgehead atoms. The van der Waals surface area contributed by atoms with Crippen molar-refractivity contribution < 1.29 is 9.53 Å². The molecule has 3 rings (SSSR count). The van der Waals surface area contributed by atoms with Crippen molar-refractivity contribution in [3.63, 3.8) is 0 Å². The van der Waals surface area contributed by atoms with Crippen LogP contribution in [0.4, 0.5) is 5.00 Å². The van der Waals surface area contributed by atoms with Crippen LogP contribution in [-0.2, 0) is 0 Å². The number of ether oxygens (including phenoxy) is 1. The average molecular weight is 359 g/mol. The van der Waals surface area contributed by atoms with Crippen LogP contribution in [0.1, 0.15) is 42.1 Å². The number of rotatable bonds is 4. The maximum absolute atomic E-state index is 11.5. The minimum absolute atomic E-state index is 0.189. The Morgan fingerprint density at radius 3 is 2.64 bits per heavy atom. The van der Waals surface area contributed by atoms with E-state index < -0.39 is 5.91 Å². The number of carbonyl (C=O) groups is 1. The SMILES string of the molecule is Cc1c(-c2ccc(OC3CCCCNC3C)cc2)sc(N)c1C(N)=O. The van der Waals surface area contributed by atoms with Gasteiger partial charge in [0.25, 0.3) is 5.91 Å². The molecule has 0 spiro atoms. The molecule has 2 unspecified atom stereocenters. The first-order chi connectivity index (χ1) is 12.0. The Morgan fingerprint density at radius 1 is 1.28 bits per heavy atom. The van der Waals surface area contributed by atoms with E-state index in [2.05, 4.69) is 12.2 Å². The Hall–Kier alpha value is -2.05. The van der Waals surface area contributed by atoms with E-state index in [0.717, 1.165) is 34.7 Å². The van der Waals surface area contributed by atoms with E-state index in [1.807, 2.05) is 31.2 Å². The zero-order valence-corrected chi connectivity index (χ0v) is 15.5. The highest BCUT2D eigenvalue weighted by Crippen LogP contribution is 2.38. The van der Waals surface area contributed by atoms with Crippen molar-refractivity contribution in [2.45, 2.75) is 45.3 Å². The van der Waals surface area contributed by atoms with Gasteiger partial charge in [-0.05, 0) is 75.0 Å². The number of primary amides is 1. The molecule has 6 heteroatoms. The molecule has 2 heterocycles. The standard InChI is InChI=1S/C19H25N3O2S/c1-11-16(18(20)23)19(21)25-17(11)13-6-8-14(9-7-13)24-15-5-3-4-10-22-12(15)2/h6-9,12,15,22H,3-5,10,21H2,1-2H3,(H2,20,23). The molecule has 1 saturated heterocycles. The third-order valence-electron chi connectivity index (χ3n) is 4.76. The van der Waals surface area contributed by atoms with Gasteiger partial charge in [-0.2, -0.15) is 0 Å². The van der Waals surface area contributed by atoms with Gasteiger partial charge in [0.05, 0.1) is 10.6 Å². The van der Waals surface area contributed by atoms with Gasteiger partial charge in [-0.15, -0.1) is 11.3 Å². The number of nitrogen functional groups attached to an aromatic ring is 1. The van der Waals surface area contributed by atoms with Crippen molar-refractivity contribution in [3.8, 4) is 16.2 Å². The molecule has 1 aromatic heterocycles. The van der Waals surface area contributed by atoms with Gasteiger partial charge in [-0.1, -0.05) is 0 Å². The zero-order valence-electron chi connectivity index (χ0n) is 14.7. The quantitative estimate of drug-likeness (QED) is 0.781. The van der Waals surface area contributed by atoms with Crippen LogP contribution >= 0.6 is 11.3 Å². The summed E-state index contributed by atoms with van der Waals surface area (Å²) in [6, 6.07) is 8.32. The van der Waals surface area contributed by atoms with Gasteiger partial charge < -0.3 is 21.5 Å². The van der Waals surface area contributed by atoms with Gasteiger partial charge in [-0.3, -0.25) is 4.79 Å². The molecule has 134 valence electrons. The topological polar surface area (TPSA) is 90.4 Å². The number of nitrogens with one attached hydrogen (secondary N) is 1. The van der Waals surface area contributed by atoms with Crippen molar-refractivity contribution in [3.05, 3.63) is 35.4 Å². The molecule has 2 atom stereocenters. The summed E-state index contributed by atoms with van der Waals surface area (Å²) in [7, 11) is 0. The monoisotopic (exact) mass is 359 g/mol. The number of carbonyl (C=O) groups excluding carboxylic acids is 1. The van der Waals surface area contributed by atoms with E-state index in [4.69, 9.17) is 16.2 Å². The molecule has 5 nitrogen and oxygen atoms in total. The Kier molecular flexibility index (Phi) is 5.30. The van der Waals surface area contributed by atoms with E-state index in [-0.39, 0.29) is 6.10 Å². The maximum Gasteiger partial charge on any atom is 0.251 e. The number of amides is 1. The van der Waals surface area contributed by atoms with Crippen molar-refractivity contribution >= 4 is 22.2 Å². The van der Waals surface area contributed by atoms with Crippen molar-refractivity contribution in [2.75, 3.05) is 12.3 Å². The highest BCUT2D eigenvalue weighted by atomic mass is 32.1. The highest BCUT2D eigenvalue weighted by Gasteiger charge is 2.21. The lowest BCUT2D eigenvalue weighted by atomic mass is 10.1. The fourth-order valence-corrected chi connectivity index (χ4v) is 4.40. The normalized spacial score (nSPS) is 20.9. The second-order valence-electron chi connectivity index (χ2n) is 6.58. The van der Waals surface area contributed by atoms with E-state index in [1.165, 1.54) is 24.2 Å². The van der Waals surface area contributed by atoms with Crippen LogP contribution in [0.25, 0.3) is 10.4 Å². The van der Waals surface area contributed by atoms with Crippen molar-refractivity contribution in [2.24, 2.45) is 5.73 Å². The van der Waals surface area contributed by atoms with E-state index >= 15 is 0 Å². The largest absolute Gasteiger partial charge is 0.489 e.